The maximum atomic E-state index is 12.0. The van der Waals surface area contributed by atoms with Crippen molar-refractivity contribution in [3.63, 3.8) is 0 Å². The van der Waals surface area contributed by atoms with Crippen LogP contribution in [0.4, 0.5) is 0 Å². The largest absolute Gasteiger partial charge is 0.348 e. The zero-order valence-electron chi connectivity index (χ0n) is 12.7. The maximum absolute atomic E-state index is 12.0. The minimum atomic E-state index is -0.564. The smallest absolute Gasteiger partial charge is 0.242 e. The molecule has 0 aromatic carbocycles. The first-order valence-corrected chi connectivity index (χ1v) is 6.73. The van der Waals surface area contributed by atoms with Crippen LogP contribution in [0.1, 0.15) is 46.2 Å². The molecule has 1 aromatic rings. The monoisotopic (exact) mass is 277 g/mol. The average molecular weight is 277 g/mol. The second-order valence-corrected chi connectivity index (χ2v) is 5.96. The van der Waals surface area contributed by atoms with E-state index in [2.05, 4.69) is 15.6 Å². The van der Waals surface area contributed by atoms with Gasteiger partial charge in [-0.3, -0.25) is 14.6 Å². The highest BCUT2D eigenvalue weighted by Crippen LogP contribution is 2.13. The Bertz CT molecular complexity index is 466. The Kier molecular flexibility index (Phi) is 5.25. The summed E-state index contributed by atoms with van der Waals surface area (Å²) in [6, 6.07) is 3.01. The van der Waals surface area contributed by atoms with Crippen molar-refractivity contribution in [1.82, 2.24) is 15.6 Å². The summed E-state index contributed by atoms with van der Waals surface area (Å²) in [6.07, 6.45) is 3.37. The van der Waals surface area contributed by atoms with E-state index in [1.807, 2.05) is 39.8 Å². The van der Waals surface area contributed by atoms with E-state index in [-0.39, 0.29) is 17.9 Å². The standard InChI is InChI=1S/C15H23N3O2/c1-10(12-6-8-16-9-7-12)17-13(19)11(2)18-14(20)15(3,4)5/h6-11H,1-5H3,(H,17,19)(H,18,20). The highest BCUT2D eigenvalue weighted by Gasteiger charge is 2.25. The molecule has 1 aromatic heterocycles. The van der Waals surface area contributed by atoms with Gasteiger partial charge < -0.3 is 10.6 Å². The Hall–Kier alpha value is -1.91. The van der Waals surface area contributed by atoms with Crippen molar-refractivity contribution in [3.8, 4) is 0 Å². The Labute approximate surface area is 120 Å². The lowest BCUT2D eigenvalue weighted by Crippen LogP contribution is -2.48. The van der Waals surface area contributed by atoms with Crippen LogP contribution in [-0.4, -0.2) is 22.8 Å². The van der Waals surface area contributed by atoms with Gasteiger partial charge in [-0.15, -0.1) is 0 Å². The lowest BCUT2D eigenvalue weighted by Gasteiger charge is -2.23. The number of aromatic nitrogens is 1. The molecule has 0 aliphatic carbocycles. The van der Waals surface area contributed by atoms with Crippen molar-refractivity contribution in [2.75, 3.05) is 0 Å². The molecule has 5 nitrogen and oxygen atoms in total. The van der Waals surface area contributed by atoms with Gasteiger partial charge in [-0.1, -0.05) is 20.8 Å². The minimum Gasteiger partial charge on any atom is -0.348 e. The fourth-order valence-electron chi connectivity index (χ4n) is 1.55. The quantitative estimate of drug-likeness (QED) is 0.881. The van der Waals surface area contributed by atoms with E-state index in [0.717, 1.165) is 5.56 Å². The number of nitrogens with zero attached hydrogens (tertiary/aromatic N) is 1. The lowest BCUT2D eigenvalue weighted by molar-refractivity contribution is -0.133. The molecule has 0 fully saturated rings. The number of rotatable bonds is 4. The Morgan fingerprint density at radius 1 is 1.10 bits per heavy atom. The molecular weight excluding hydrogens is 254 g/mol. The lowest BCUT2D eigenvalue weighted by atomic mass is 9.95. The van der Waals surface area contributed by atoms with E-state index in [4.69, 9.17) is 0 Å². The second kappa shape index (κ2) is 6.50. The second-order valence-electron chi connectivity index (χ2n) is 5.96. The van der Waals surface area contributed by atoms with Crippen LogP contribution in [0.5, 0.6) is 0 Å². The van der Waals surface area contributed by atoms with Gasteiger partial charge in [0.15, 0.2) is 0 Å². The van der Waals surface area contributed by atoms with Gasteiger partial charge in [0.1, 0.15) is 6.04 Å². The molecule has 0 saturated heterocycles. The van der Waals surface area contributed by atoms with Crippen molar-refractivity contribution in [3.05, 3.63) is 30.1 Å². The van der Waals surface area contributed by atoms with Gasteiger partial charge in [0, 0.05) is 17.8 Å². The van der Waals surface area contributed by atoms with Crippen molar-refractivity contribution in [2.24, 2.45) is 5.41 Å². The average Bonchev–Trinajstić information content (AvgIpc) is 2.38. The van der Waals surface area contributed by atoms with Gasteiger partial charge in [0.05, 0.1) is 6.04 Å². The summed E-state index contributed by atoms with van der Waals surface area (Å²) in [5, 5.41) is 5.58. The van der Waals surface area contributed by atoms with Crippen LogP contribution < -0.4 is 10.6 Å². The van der Waals surface area contributed by atoms with Gasteiger partial charge in [0.2, 0.25) is 11.8 Å². The van der Waals surface area contributed by atoms with Crippen molar-refractivity contribution in [2.45, 2.75) is 46.7 Å². The molecule has 1 rings (SSSR count). The van der Waals surface area contributed by atoms with Gasteiger partial charge in [-0.2, -0.15) is 0 Å². The molecule has 0 aliphatic rings. The summed E-state index contributed by atoms with van der Waals surface area (Å²) in [6.45, 7) is 9.01. The van der Waals surface area contributed by atoms with Crippen molar-refractivity contribution >= 4 is 11.8 Å². The van der Waals surface area contributed by atoms with Gasteiger partial charge in [0.25, 0.3) is 0 Å². The SMILES string of the molecule is CC(NC(=O)C(C)(C)C)C(=O)NC(C)c1ccncc1. The predicted molar refractivity (Wildman–Crippen MR) is 77.9 cm³/mol. The first-order chi connectivity index (χ1) is 9.21. The third kappa shape index (κ3) is 4.64. The van der Waals surface area contributed by atoms with Crippen molar-refractivity contribution < 1.29 is 9.59 Å². The molecule has 2 amide bonds. The van der Waals surface area contributed by atoms with E-state index < -0.39 is 11.5 Å². The minimum absolute atomic E-state index is 0.125. The topological polar surface area (TPSA) is 71.1 Å². The third-order valence-electron chi connectivity index (χ3n) is 2.99. The summed E-state index contributed by atoms with van der Waals surface area (Å²) in [7, 11) is 0. The number of carbonyl (C=O) groups is 2. The number of amides is 2. The molecule has 0 aliphatic heterocycles. The Balaban J connectivity index is 2.56. The summed E-state index contributed by atoms with van der Waals surface area (Å²) in [4.78, 5) is 27.8. The molecule has 2 unspecified atom stereocenters. The molecule has 0 radical (unpaired) electrons. The molecule has 0 bridgehead atoms. The zero-order chi connectivity index (χ0) is 15.3. The summed E-state index contributed by atoms with van der Waals surface area (Å²) >= 11 is 0. The first-order valence-electron chi connectivity index (χ1n) is 6.73. The van der Waals surface area contributed by atoms with Crippen LogP contribution in [-0.2, 0) is 9.59 Å². The Morgan fingerprint density at radius 3 is 2.15 bits per heavy atom. The predicted octanol–water partition coefficient (Wildman–Crippen LogP) is 1.81. The maximum Gasteiger partial charge on any atom is 0.242 e. The summed E-state index contributed by atoms with van der Waals surface area (Å²) < 4.78 is 0. The molecule has 2 N–H and O–H groups in total. The van der Waals surface area contributed by atoms with Crippen LogP contribution in [0.2, 0.25) is 0 Å². The van der Waals surface area contributed by atoms with E-state index in [9.17, 15) is 9.59 Å². The summed E-state index contributed by atoms with van der Waals surface area (Å²) in [5.41, 5.74) is 0.466. The molecular formula is C15H23N3O2. The summed E-state index contributed by atoms with van der Waals surface area (Å²) in [5.74, 6) is -0.344. The fourth-order valence-corrected chi connectivity index (χ4v) is 1.55. The number of hydrogen-bond donors (Lipinski definition) is 2. The molecule has 0 spiro atoms. The normalized spacial score (nSPS) is 14.2. The number of pyridine rings is 1. The van der Waals surface area contributed by atoms with E-state index in [1.54, 1.807) is 19.3 Å². The van der Waals surface area contributed by atoms with Crippen molar-refractivity contribution in [1.29, 1.82) is 0 Å². The third-order valence-corrected chi connectivity index (χ3v) is 2.99. The molecule has 1 heterocycles. The molecule has 2 atom stereocenters. The first kappa shape index (κ1) is 16.1. The van der Waals surface area contributed by atoms with Crippen LogP contribution in [0.15, 0.2) is 24.5 Å². The van der Waals surface area contributed by atoms with Gasteiger partial charge in [-0.05, 0) is 31.5 Å². The molecule has 110 valence electrons. The van der Waals surface area contributed by atoms with Gasteiger partial charge >= 0.3 is 0 Å². The van der Waals surface area contributed by atoms with E-state index in [1.165, 1.54) is 0 Å². The highest BCUT2D eigenvalue weighted by molar-refractivity contribution is 5.89. The van der Waals surface area contributed by atoms with Crippen LogP contribution in [0.25, 0.3) is 0 Å². The number of nitrogens with one attached hydrogen (secondary N) is 2. The molecule has 20 heavy (non-hydrogen) atoms. The highest BCUT2D eigenvalue weighted by atomic mass is 16.2. The van der Waals surface area contributed by atoms with E-state index >= 15 is 0 Å². The number of hydrogen-bond acceptors (Lipinski definition) is 3. The van der Waals surface area contributed by atoms with Crippen LogP contribution in [0, 0.1) is 5.41 Å². The molecule has 0 saturated carbocycles. The Morgan fingerprint density at radius 2 is 1.65 bits per heavy atom. The van der Waals surface area contributed by atoms with E-state index in [0.29, 0.717) is 0 Å². The van der Waals surface area contributed by atoms with Gasteiger partial charge in [-0.25, -0.2) is 0 Å². The zero-order valence-corrected chi connectivity index (χ0v) is 12.7. The number of carbonyl (C=O) groups excluding carboxylic acids is 2. The van der Waals surface area contributed by atoms with Crippen LogP contribution >= 0.6 is 0 Å². The van der Waals surface area contributed by atoms with Crippen LogP contribution in [0.3, 0.4) is 0 Å². The fraction of sp³-hybridized carbons (Fsp3) is 0.533. The molecule has 5 heteroatoms.